The van der Waals surface area contributed by atoms with Crippen molar-refractivity contribution in [2.75, 3.05) is 32.7 Å². The number of nitrogens with one attached hydrogen (secondary N) is 1. The number of benzene rings is 2. The van der Waals surface area contributed by atoms with Crippen molar-refractivity contribution in [3.8, 4) is 0 Å². The van der Waals surface area contributed by atoms with E-state index in [1.807, 2.05) is 26.0 Å². The van der Waals surface area contributed by atoms with Crippen LogP contribution in [0.5, 0.6) is 0 Å². The molecule has 3 aromatic rings. The molecule has 2 aromatic carbocycles. The van der Waals surface area contributed by atoms with Gasteiger partial charge in [-0.15, -0.1) is 0 Å². The fourth-order valence-electron chi connectivity index (χ4n) is 6.55. The van der Waals surface area contributed by atoms with E-state index in [1.54, 1.807) is 17.0 Å². The van der Waals surface area contributed by atoms with Crippen molar-refractivity contribution in [2.45, 2.75) is 71.1 Å². The first-order valence-corrected chi connectivity index (χ1v) is 15.0. The fourth-order valence-corrected chi connectivity index (χ4v) is 6.55. The van der Waals surface area contributed by atoms with Gasteiger partial charge in [0, 0.05) is 67.2 Å². The molecule has 2 saturated heterocycles. The lowest BCUT2D eigenvalue weighted by Gasteiger charge is -2.41. The van der Waals surface area contributed by atoms with E-state index >= 15 is 4.39 Å². The second-order valence-electron chi connectivity index (χ2n) is 12.4. The minimum Gasteiger partial charge on any atom is -0.412 e. The minimum atomic E-state index is -1.22. The molecular weight excluding hydrogens is 533 g/mol. The molecule has 0 saturated carbocycles. The molecule has 0 bridgehead atoms. The number of hydrogen-bond acceptors (Lipinski definition) is 3. The predicted octanol–water partition coefficient (Wildman–Crippen LogP) is 4.45. The van der Waals surface area contributed by atoms with Gasteiger partial charge in [0.1, 0.15) is 5.67 Å². The topological polar surface area (TPSA) is 115 Å². The van der Waals surface area contributed by atoms with E-state index in [1.165, 1.54) is 22.2 Å². The third-order valence-corrected chi connectivity index (χ3v) is 8.99. The summed E-state index contributed by atoms with van der Waals surface area (Å²) in [5.41, 5.74) is 9.73. The first-order chi connectivity index (χ1) is 19.6. The van der Waals surface area contributed by atoms with Crippen LogP contribution in [-0.2, 0) is 13.0 Å². The number of aromatic nitrogens is 1. The van der Waals surface area contributed by atoms with Gasteiger partial charge in [0.25, 0.3) is 0 Å². The zero-order valence-corrected chi connectivity index (χ0v) is 25.2. The number of urea groups is 1. The Bertz CT molecular complexity index is 1370. The number of primary amides is 1. The molecule has 0 spiro atoms. The molecule has 0 atom stereocenters. The molecule has 5 N–H and O–H groups in total. The SMILES string of the molecule is Cc1c(Cc2ccc(C(N)=O)cc2)c2ccccc2n1CC1CCN(CC2(F)CCN(C(=O)NC(C)C)CC2)CC1.O. The van der Waals surface area contributed by atoms with Gasteiger partial charge in [0.15, 0.2) is 0 Å². The molecule has 2 aliphatic heterocycles. The van der Waals surface area contributed by atoms with Gasteiger partial charge in [0.2, 0.25) is 5.91 Å². The van der Waals surface area contributed by atoms with Crippen LogP contribution in [0.1, 0.15) is 66.7 Å². The van der Waals surface area contributed by atoms with Crippen molar-refractivity contribution in [3.63, 3.8) is 0 Å². The molecule has 5 rings (SSSR count). The van der Waals surface area contributed by atoms with Crippen LogP contribution in [0.4, 0.5) is 9.18 Å². The second kappa shape index (κ2) is 13.3. The summed E-state index contributed by atoms with van der Waals surface area (Å²) >= 11 is 0. The van der Waals surface area contributed by atoms with E-state index in [0.29, 0.717) is 44.0 Å². The van der Waals surface area contributed by atoms with Gasteiger partial charge in [0.05, 0.1) is 0 Å². The fraction of sp³-hybridized carbons (Fsp3) is 0.515. The summed E-state index contributed by atoms with van der Waals surface area (Å²) in [6.07, 6.45) is 3.71. The first-order valence-electron chi connectivity index (χ1n) is 15.0. The van der Waals surface area contributed by atoms with Gasteiger partial charge in [-0.05, 0) is 88.4 Å². The maximum absolute atomic E-state index is 15.7. The van der Waals surface area contributed by atoms with Gasteiger partial charge in [-0.25, -0.2) is 9.18 Å². The Morgan fingerprint density at radius 1 is 1.02 bits per heavy atom. The Morgan fingerprint density at radius 3 is 2.29 bits per heavy atom. The molecule has 0 unspecified atom stereocenters. The van der Waals surface area contributed by atoms with Crippen molar-refractivity contribution in [1.82, 2.24) is 19.7 Å². The van der Waals surface area contributed by atoms with Crippen LogP contribution in [0.2, 0.25) is 0 Å². The number of piperidine rings is 2. The lowest BCUT2D eigenvalue weighted by molar-refractivity contribution is 0.0227. The third kappa shape index (κ3) is 7.13. The van der Waals surface area contributed by atoms with Crippen molar-refractivity contribution in [3.05, 3.63) is 70.9 Å². The number of fused-ring (bicyclic) bond motifs is 1. The number of hydrogen-bond donors (Lipinski definition) is 2. The van der Waals surface area contributed by atoms with Crippen LogP contribution in [0.15, 0.2) is 48.5 Å². The lowest BCUT2D eigenvalue weighted by atomic mass is 9.90. The Morgan fingerprint density at radius 2 is 1.67 bits per heavy atom. The quantitative estimate of drug-likeness (QED) is 0.411. The van der Waals surface area contributed by atoms with Crippen molar-refractivity contribution < 1.29 is 19.5 Å². The predicted molar refractivity (Wildman–Crippen MR) is 166 cm³/mol. The highest BCUT2D eigenvalue weighted by atomic mass is 19.1. The molecular formula is C33H46FN5O3. The Labute approximate surface area is 248 Å². The maximum atomic E-state index is 15.7. The Kier molecular flexibility index (Phi) is 9.94. The number of likely N-dealkylation sites (tertiary alicyclic amines) is 2. The molecule has 42 heavy (non-hydrogen) atoms. The summed E-state index contributed by atoms with van der Waals surface area (Å²) < 4.78 is 18.2. The van der Waals surface area contributed by atoms with Gasteiger partial charge in [-0.1, -0.05) is 30.3 Å². The van der Waals surface area contributed by atoms with E-state index in [9.17, 15) is 9.59 Å². The molecule has 0 radical (unpaired) electrons. The summed E-state index contributed by atoms with van der Waals surface area (Å²) in [4.78, 5) is 27.8. The Hall–Kier alpha value is -3.43. The Balaban J connectivity index is 0.00000405. The molecule has 2 fully saturated rings. The normalized spacial score (nSPS) is 17.8. The molecule has 9 heteroatoms. The number of rotatable bonds is 8. The number of amides is 3. The number of nitrogens with two attached hydrogens (primary N) is 1. The molecule has 3 heterocycles. The summed E-state index contributed by atoms with van der Waals surface area (Å²) in [5.74, 6) is 0.134. The van der Waals surface area contributed by atoms with Crippen LogP contribution in [-0.4, -0.2) is 76.2 Å². The molecule has 8 nitrogen and oxygen atoms in total. The van der Waals surface area contributed by atoms with Crippen LogP contribution in [0.3, 0.4) is 0 Å². The van der Waals surface area contributed by atoms with E-state index in [-0.39, 0.29) is 17.5 Å². The van der Waals surface area contributed by atoms with Gasteiger partial charge >= 0.3 is 6.03 Å². The summed E-state index contributed by atoms with van der Waals surface area (Å²) in [7, 11) is 0. The summed E-state index contributed by atoms with van der Waals surface area (Å²) in [6.45, 7) is 10.3. The van der Waals surface area contributed by atoms with Crippen molar-refractivity contribution in [1.29, 1.82) is 0 Å². The van der Waals surface area contributed by atoms with Crippen LogP contribution < -0.4 is 11.1 Å². The standard InChI is InChI=1S/C33H44FN5O2.H2O/c1-23(2)36-32(41)38-18-14-33(34,15-19-38)22-37-16-12-26(13-17-37)21-39-24(3)29(28-6-4-5-7-30(28)39)20-25-8-10-27(11-9-25)31(35)40;/h4-11,23,26H,12-22H2,1-3H3,(H2,35,40)(H,36,41);1H2. The van der Waals surface area contributed by atoms with Gasteiger partial charge < -0.3 is 30.9 Å². The first kappa shape index (κ1) is 31.5. The molecule has 2 aliphatic rings. The minimum absolute atomic E-state index is 0. The van der Waals surface area contributed by atoms with E-state index in [4.69, 9.17) is 5.73 Å². The largest absolute Gasteiger partial charge is 0.412 e. The molecule has 0 aliphatic carbocycles. The zero-order valence-electron chi connectivity index (χ0n) is 25.2. The summed E-state index contributed by atoms with van der Waals surface area (Å²) in [5, 5.41) is 4.19. The third-order valence-electron chi connectivity index (χ3n) is 8.99. The molecule has 3 amide bonds. The maximum Gasteiger partial charge on any atom is 0.317 e. The number of para-hydroxylation sites is 1. The lowest BCUT2D eigenvalue weighted by Crippen LogP contribution is -2.53. The molecule has 1 aromatic heterocycles. The van der Waals surface area contributed by atoms with Crippen LogP contribution in [0.25, 0.3) is 10.9 Å². The van der Waals surface area contributed by atoms with Crippen LogP contribution in [0, 0.1) is 12.8 Å². The smallest absolute Gasteiger partial charge is 0.317 e. The van der Waals surface area contributed by atoms with E-state index in [2.05, 4.69) is 46.0 Å². The molecule has 228 valence electrons. The van der Waals surface area contributed by atoms with Crippen LogP contribution >= 0.6 is 0 Å². The van der Waals surface area contributed by atoms with Crippen molar-refractivity contribution >= 4 is 22.8 Å². The number of carbonyl (C=O) groups is 2. The van der Waals surface area contributed by atoms with Gasteiger partial charge in [-0.2, -0.15) is 0 Å². The highest BCUT2D eigenvalue weighted by Crippen LogP contribution is 2.33. The van der Waals surface area contributed by atoms with E-state index in [0.717, 1.165) is 44.5 Å². The number of alkyl halides is 1. The number of nitrogens with zero attached hydrogens (tertiary/aromatic N) is 3. The van der Waals surface area contributed by atoms with Gasteiger partial charge in [-0.3, -0.25) is 4.79 Å². The second-order valence-corrected chi connectivity index (χ2v) is 12.4. The summed E-state index contributed by atoms with van der Waals surface area (Å²) in [6, 6.07) is 16.2. The highest BCUT2D eigenvalue weighted by molar-refractivity contribution is 5.92. The average molecular weight is 580 g/mol. The van der Waals surface area contributed by atoms with Crippen molar-refractivity contribution in [2.24, 2.45) is 11.7 Å². The number of carbonyl (C=O) groups excluding carboxylic acids is 2. The van der Waals surface area contributed by atoms with E-state index < -0.39 is 11.6 Å². The monoisotopic (exact) mass is 579 g/mol. The zero-order chi connectivity index (χ0) is 29.1. The average Bonchev–Trinajstić information content (AvgIpc) is 3.20. The highest BCUT2D eigenvalue weighted by Gasteiger charge is 2.38. The number of halogens is 1.